The minimum absolute atomic E-state index is 0.573. The highest BCUT2D eigenvalue weighted by molar-refractivity contribution is 7.96. The largest absolute Gasteiger partial charge is 0.133 e. The van der Waals surface area contributed by atoms with Gasteiger partial charge >= 0.3 is 0 Å². The van der Waals surface area contributed by atoms with E-state index in [1.54, 1.807) is 11.1 Å². The Labute approximate surface area is 132 Å². The first-order valence-electron chi connectivity index (χ1n) is 7.92. The van der Waals surface area contributed by atoms with Crippen LogP contribution in [0.15, 0.2) is 12.1 Å². The summed E-state index contributed by atoms with van der Waals surface area (Å²) in [7, 11) is 1.15. The molecule has 0 bridgehead atoms. The van der Waals surface area contributed by atoms with Crippen molar-refractivity contribution in [3.63, 3.8) is 0 Å². The summed E-state index contributed by atoms with van der Waals surface area (Å²) in [5.41, 5.74) is 6.21. The van der Waals surface area contributed by atoms with Gasteiger partial charge < -0.3 is 0 Å². The van der Waals surface area contributed by atoms with Gasteiger partial charge in [0, 0.05) is 11.1 Å². The summed E-state index contributed by atoms with van der Waals surface area (Å²) in [4.78, 5) is 0. The lowest BCUT2D eigenvalue weighted by molar-refractivity contribution is 1.19. The van der Waals surface area contributed by atoms with Crippen LogP contribution in [0, 0.1) is 13.8 Å². The second-order valence-electron chi connectivity index (χ2n) is 5.37. The number of hydrogen-bond donors (Lipinski definition) is 0. The van der Waals surface area contributed by atoms with Gasteiger partial charge in [0.15, 0.2) is 0 Å². The van der Waals surface area contributed by atoms with E-state index >= 15 is 0 Å². The fourth-order valence-corrected chi connectivity index (χ4v) is 5.64. The van der Waals surface area contributed by atoms with E-state index in [9.17, 15) is 0 Å². The molecule has 0 aliphatic rings. The van der Waals surface area contributed by atoms with Crippen molar-refractivity contribution in [2.75, 3.05) is 23.0 Å². The van der Waals surface area contributed by atoms with Crippen molar-refractivity contribution in [3.05, 3.63) is 34.4 Å². The third kappa shape index (κ3) is 5.04. The van der Waals surface area contributed by atoms with Crippen LogP contribution in [-0.2, 0) is 33.3 Å². The Morgan fingerprint density at radius 1 is 0.650 bits per heavy atom. The first-order chi connectivity index (χ1) is 9.55. The van der Waals surface area contributed by atoms with Crippen molar-refractivity contribution in [2.24, 2.45) is 0 Å². The fourth-order valence-electron chi connectivity index (χ4n) is 2.50. The Kier molecular flexibility index (Phi) is 8.13. The van der Waals surface area contributed by atoms with Gasteiger partial charge in [-0.05, 0) is 74.5 Å². The lowest BCUT2D eigenvalue weighted by Crippen LogP contribution is -2.14. The highest BCUT2D eigenvalue weighted by Crippen LogP contribution is 2.22. The van der Waals surface area contributed by atoms with E-state index in [4.69, 9.17) is 0 Å². The predicted octanol–water partition coefficient (Wildman–Crippen LogP) is 4.62. The summed E-state index contributed by atoms with van der Waals surface area (Å²) >= 11 is 0. The Morgan fingerprint density at radius 2 is 0.950 bits per heavy atom. The van der Waals surface area contributed by atoms with Crippen molar-refractivity contribution in [3.8, 4) is 0 Å². The zero-order chi connectivity index (χ0) is 15.1. The molecular weight excluding hydrogens is 280 g/mol. The SMILES string of the molecule is CC[S+](CC)Cc1cc(C)c(C[S+](CC)CC)cc1C. The van der Waals surface area contributed by atoms with Crippen molar-refractivity contribution in [1.29, 1.82) is 0 Å². The molecule has 0 atom stereocenters. The molecule has 0 radical (unpaired) electrons. The normalized spacial score (nSPS) is 11.6. The predicted molar refractivity (Wildman–Crippen MR) is 100 cm³/mol. The van der Waals surface area contributed by atoms with Gasteiger partial charge in [0.1, 0.15) is 34.5 Å². The summed E-state index contributed by atoms with van der Waals surface area (Å²) in [6, 6.07) is 4.95. The smallest absolute Gasteiger partial charge is 0.0507 e. The Balaban J connectivity index is 2.90. The third-order valence-electron chi connectivity index (χ3n) is 4.15. The molecule has 0 nitrogen and oxygen atoms in total. The average molecular weight is 313 g/mol. The molecule has 1 aromatic rings. The van der Waals surface area contributed by atoms with Gasteiger partial charge in [-0.25, -0.2) is 0 Å². The fraction of sp³-hybridized carbons (Fsp3) is 0.667. The van der Waals surface area contributed by atoms with Gasteiger partial charge in [0.05, 0.1) is 0 Å². The van der Waals surface area contributed by atoms with Gasteiger partial charge in [-0.15, -0.1) is 0 Å². The van der Waals surface area contributed by atoms with Crippen molar-refractivity contribution in [1.82, 2.24) is 0 Å². The molecule has 0 heterocycles. The zero-order valence-corrected chi connectivity index (χ0v) is 15.8. The summed E-state index contributed by atoms with van der Waals surface area (Å²) < 4.78 is 0. The van der Waals surface area contributed by atoms with Gasteiger partial charge in [-0.3, -0.25) is 0 Å². The van der Waals surface area contributed by atoms with Gasteiger partial charge in [-0.2, -0.15) is 0 Å². The number of aryl methyl sites for hydroxylation is 2. The topological polar surface area (TPSA) is 0 Å². The minimum atomic E-state index is 0.573. The van der Waals surface area contributed by atoms with Crippen LogP contribution in [0.25, 0.3) is 0 Å². The molecule has 114 valence electrons. The maximum atomic E-state index is 2.48. The van der Waals surface area contributed by atoms with E-state index < -0.39 is 0 Å². The Hall–Kier alpha value is -0.0800. The molecule has 1 aromatic carbocycles. The zero-order valence-electron chi connectivity index (χ0n) is 14.2. The van der Waals surface area contributed by atoms with Crippen LogP contribution < -0.4 is 0 Å². The van der Waals surface area contributed by atoms with Crippen molar-refractivity contribution < 1.29 is 0 Å². The molecule has 0 N–H and O–H groups in total. The molecule has 0 saturated carbocycles. The molecule has 0 aromatic heterocycles. The van der Waals surface area contributed by atoms with Crippen molar-refractivity contribution in [2.45, 2.75) is 53.0 Å². The number of hydrogen-bond acceptors (Lipinski definition) is 0. The first kappa shape index (κ1) is 18.0. The van der Waals surface area contributed by atoms with E-state index in [1.807, 2.05) is 0 Å². The van der Waals surface area contributed by atoms with E-state index in [0.29, 0.717) is 21.8 Å². The lowest BCUT2D eigenvalue weighted by Gasteiger charge is -2.13. The molecule has 2 heteroatoms. The monoisotopic (exact) mass is 312 g/mol. The van der Waals surface area contributed by atoms with Gasteiger partial charge in [-0.1, -0.05) is 12.1 Å². The Morgan fingerprint density at radius 3 is 1.20 bits per heavy atom. The van der Waals surface area contributed by atoms with Crippen LogP contribution >= 0.6 is 0 Å². The summed E-state index contributed by atoms with van der Waals surface area (Å²) in [6.45, 7) is 13.9. The molecule has 1 rings (SSSR count). The number of benzene rings is 1. The highest BCUT2D eigenvalue weighted by atomic mass is 32.2. The van der Waals surface area contributed by atoms with E-state index in [-0.39, 0.29) is 0 Å². The van der Waals surface area contributed by atoms with E-state index in [1.165, 1.54) is 45.6 Å². The van der Waals surface area contributed by atoms with Crippen LogP contribution in [0.3, 0.4) is 0 Å². The third-order valence-corrected chi connectivity index (χ3v) is 8.85. The van der Waals surface area contributed by atoms with Gasteiger partial charge in [0.25, 0.3) is 0 Å². The van der Waals surface area contributed by atoms with E-state index in [2.05, 4.69) is 53.7 Å². The lowest BCUT2D eigenvalue weighted by atomic mass is 10.0. The maximum Gasteiger partial charge on any atom is 0.133 e. The van der Waals surface area contributed by atoms with Crippen LogP contribution in [0.4, 0.5) is 0 Å². The minimum Gasteiger partial charge on any atom is -0.0507 e. The molecule has 0 saturated heterocycles. The molecule has 20 heavy (non-hydrogen) atoms. The summed E-state index contributed by atoms with van der Waals surface area (Å²) in [5, 5.41) is 0. The van der Waals surface area contributed by atoms with E-state index in [0.717, 1.165) is 0 Å². The van der Waals surface area contributed by atoms with Crippen molar-refractivity contribution >= 4 is 21.8 Å². The molecule has 0 unspecified atom stereocenters. The highest BCUT2D eigenvalue weighted by Gasteiger charge is 2.19. The average Bonchev–Trinajstić information content (AvgIpc) is 2.46. The summed E-state index contributed by atoms with van der Waals surface area (Å²) in [5.74, 6) is 7.87. The van der Waals surface area contributed by atoms with Crippen LogP contribution in [-0.4, -0.2) is 23.0 Å². The second-order valence-corrected chi connectivity index (χ2v) is 10.7. The molecule has 0 aliphatic carbocycles. The van der Waals surface area contributed by atoms with Crippen LogP contribution in [0.2, 0.25) is 0 Å². The van der Waals surface area contributed by atoms with Gasteiger partial charge in [0.2, 0.25) is 0 Å². The summed E-state index contributed by atoms with van der Waals surface area (Å²) in [6.07, 6.45) is 0. The first-order valence-corrected chi connectivity index (χ1v) is 11.4. The second kappa shape index (κ2) is 9.04. The standard InChI is InChI=1S/C18H32S2/c1-7-19(8-2)13-17-11-16(6)18(12-15(17)5)14-20(9-3)10-4/h11-12H,7-10,13-14H2,1-6H3/q+2. The van der Waals surface area contributed by atoms with Crippen LogP contribution in [0.5, 0.6) is 0 Å². The number of rotatable bonds is 8. The molecule has 0 spiro atoms. The van der Waals surface area contributed by atoms with Crippen LogP contribution in [0.1, 0.15) is 49.9 Å². The Bertz CT molecular complexity index is 364. The maximum absolute atomic E-state index is 2.48. The molecule has 0 aliphatic heterocycles. The molecule has 0 fully saturated rings. The quantitative estimate of drug-likeness (QED) is 0.614. The molecule has 0 amide bonds. The molecular formula is C18H32S2+2.